The number of esters is 2. The number of hydrogen-bond donors (Lipinski definition) is 2. The topological polar surface area (TPSA) is 88.1 Å². The Morgan fingerprint density at radius 2 is 1.67 bits per heavy atom. The van der Waals surface area contributed by atoms with Crippen LogP contribution in [0.4, 0.5) is 20.2 Å². The van der Waals surface area contributed by atoms with Crippen LogP contribution in [0.3, 0.4) is 0 Å². The van der Waals surface area contributed by atoms with E-state index in [0.717, 1.165) is 18.3 Å². The van der Waals surface area contributed by atoms with Gasteiger partial charge in [0, 0.05) is 38.8 Å². The van der Waals surface area contributed by atoms with E-state index in [1.54, 1.807) is 0 Å². The van der Waals surface area contributed by atoms with Gasteiger partial charge >= 0.3 is 11.9 Å². The van der Waals surface area contributed by atoms with Gasteiger partial charge in [-0.05, 0) is 25.0 Å². The average Bonchev–Trinajstić information content (AvgIpc) is 2.54. The molecule has 1 aromatic rings. The molecule has 0 bridgehead atoms. The van der Waals surface area contributed by atoms with Crippen molar-refractivity contribution >= 4 is 23.3 Å². The normalized spacial score (nSPS) is 20.2. The fourth-order valence-electron chi connectivity index (χ4n) is 2.97. The molecule has 2 aliphatic heterocycles. The smallest absolute Gasteiger partial charge is 0.350 e. The summed E-state index contributed by atoms with van der Waals surface area (Å²) in [4.78, 5) is 25.3. The van der Waals surface area contributed by atoms with Crippen molar-refractivity contribution in [1.29, 1.82) is 0 Å². The van der Waals surface area contributed by atoms with Gasteiger partial charge in [0.2, 0.25) is 0 Å². The number of nitrogens with one attached hydrogen (secondary N) is 1. The van der Waals surface area contributed by atoms with Crippen LogP contribution in [0, 0.1) is 11.6 Å². The number of halogens is 2. The first-order valence-electron chi connectivity index (χ1n) is 8.52. The van der Waals surface area contributed by atoms with E-state index < -0.39 is 41.0 Å². The van der Waals surface area contributed by atoms with E-state index in [4.69, 9.17) is 9.47 Å². The van der Waals surface area contributed by atoms with E-state index in [0.29, 0.717) is 25.9 Å². The van der Waals surface area contributed by atoms with Crippen molar-refractivity contribution in [2.45, 2.75) is 38.6 Å². The number of nitrogens with zero attached hydrogens (tertiary/aromatic N) is 1. The van der Waals surface area contributed by atoms with Crippen molar-refractivity contribution in [3.8, 4) is 0 Å². The molecular formula is C18H20F2N2O5. The number of cyclic esters (lactones) is 2. The van der Waals surface area contributed by atoms with Crippen molar-refractivity contribution in [1.82, 2.24) is 0 Å². The zero-order chi connectivity index (χ0) is 19.8. The van der Waals surface area contributed by atoms with Crippen molar-refractivity contribution in [3.63, 3.8) is 0 Å². The number of piperidine rings is 1. The number of carbonyl (C=O) groups is 2. The number of hydrogen-bond acceptors (Lipinski definition) is 7. The van der Waals surface area contributed by atoms with Crippen LogP contribution in [-0.2, 0) is 19.1 Å². The van der Waals surface area contributed by atoms with Crippen LogP contribution in [0.25, 0.3) is 0 Å². The molecule has 1 aromatic carbocycles. The molecule has 2 heterocycles. The Kier molecular flexibility index (Phi) is 5.05. The molecule has 0 radical (unpaired) electrons. The van der Waals surface area contributed by atoms with E-state index >= 15 is 0 Å². The summed E-state index contributed by atoms with van der Waals surface area (Å²) in [7, 11) is 0. The number of rotatable bonds is 3. The molecule has 2 fully saturated rings. The highest BCUT2D eigenvalue weighted by Gasteiger charge is 2.39. The first-order valence-corrected chi connectivity index (χ1v) is 8.52. The van der Waals surface area contributed by atoms with Gasteiger partial charge in [0.25, 0.3) is 5.79 Å². The summed E-state index contributed by atoms with van der Waals surface area (Å²) in [6.07, 6.45) is 1.40. The fourth-order valence-corrected chi connectivity index (χ4v) is 2.97. The molecule has 2 N–H and O–H groups in total. The molecule has 0 atom stereocenters. The number of aliphatic hydroxyl groups excluding tert-OH is 1. The standard InChI is InChI=1S/C18H20F2N2O5/c1-18(2)26-16(24)12(17(25)27-18)9-21-10-7-13(19)15(14(20)8-10)22-5-3-11(23)4-6-22/h7-9,11,21,23H,3-6H2,1-2H3. The fraction of sp³-hybridized carbons (Fsp3) is 0.444. The zero-order valence-electron chi connectivity index (χ0n) is 14.9. The Balaban J connectivity index is 1.77. The molecule has 0 aromatic heterocycles. The summed E-state index contributed by atoms with van der Waals surface area (Å²) < 4.78 is 38.7. The average molecular weight is 382 g/mol. The molecule has 27 heavy (non-hydrogen) atoms. The van der Waals surface area contributed by atoms with Gasteiger partial charge in [-0.2, -0.15) is 0 Å². The highest BCUT2D eigenvalue weighted by Crippen LogP contribution is 2.30. The van der Waals surface area contributed by atoms with Crippen LogP contribution < -0.4 is 10.2 Å². The van der Waals surface area contributed by atoms with Crippen molar-refractivity contribution in [2.24, 2.45) is 0 Å². The van der Waals surface area contributed by atoms with Crippen molar-refractivity contribution < 1.29 is 33.0 Å². The summed E-state index contributed by atoms with van der Waals surface area (Å²) in [6.45, 7) is 3.52. The third kappa shape index (κ3) is 4.19. The summed E-state index contributed by atoms with van der Waals surface area (Å²) in [5.74, 6) is -4.74. The number of aliphatic hydroxyl groups is 1. The van der Waals surface area contributed by atoms with Crippen LogP contribution >= 0.6 is 0 Å². The second-order valence-electron chi connectivity index (χ2n) is 6.89. The van der Waals surface area contributed by atoms with Gasteiger partial charge in [0.15, 0.2) is 17.2 Å². The van der Waals surface area contributed by atoms with Crippen molar-refractivity contribution in [3.05, 3.63) is 35.5 Å². The lowest BCUT2D eigenvalue weighted by Crippen LogP contribution is -2.42. The second-order valence-corrected chi connectivity index (χ2v) is 6.89. The third-order valence-corrected chi connectivity index (χ3v) is 4.30. The van der Waals surface area contributed by atoms with E-state index in [9.17, 15) is 23.5 Å². The third-order valence-electron chi connectivity index (χ3n) is 4.30. The Morgan fingerprint density at radius 3 is 2.19 bits per heavy atom. The molecule has 9 heteroatoms. The largest absolute Gasteiger partial charge is 0.419 e. The number of anilines is 2. The number of benzene rings is 1. The maximum absolute atomic E-state index is 14.4. The Bertz CT molecular complexity index is 756. The summed E-state index contributed by atoms with van der Waals surface area (Å²) in [6, 6.07) is 2.12. The predicted octanol–water partition coefficient (Wildman–Crippen LogP) is 2.06. The van der Waals surface area contributed by atoms with Crippen LogP contribution in [0.1, 0.15) is 26.7 Å². The van der Waals surface area contributed by atoms with Gasteiger partial charge in [-0.25, -0.2) is 18.4 Å². The van der Waals surface area contributed by atoms with Gasteiger partial charge in [0.05, 0.1) is 6.10 Å². The quantitative estimate of drug-likeness (QED) is 0.470. The molecule has 2 aliphatic rings. The summed E-state index contributed by atoms with van der Waals surface area (Å²) in [5.41, 5.74) is -0.564. The SMILES string of the molecule is CC1(C)OC(=O)C(=CNc2cc(F)c(N3CCC(O)CC3)c(F)c2)C(=O)O1. The predicted molar refractivity (Wildman–Crippen MR) is 91.8 cm³/mol. The number of ether oxygens (including phenoxy) is 2. The minimum absolute atomic E-state index is 0.0173. The maximum Gasteiger partial charge on any atom is 0.350 e. The molecule has 0 amide bonds. The van der Waals surface area contributed by atoms with Gasteiger partial charge in [-0.3, -0.25) is 0 Å². The van der Waals surface area contributed by atoms with E-state index in [2.05, 4.69) is 5.32 Å². The first kappa shape index (κ1) is 19.1. The Hall–Kier alpha value is -2.68. The Morgan fingerprint density at radius 1 is 1.15 bits per heavy atom. The lowest BCUT2D eigenvalue weighted by atomic mass is 10.1. The molecule has 7 nitrogen and oxygen atoms in total. The molecule has 0 saturated carbocycles. The minimum atomic E-state index is -1.37. The van der Waals surface area contributed by atoms with Crippen molar-refractivity contribution in [2.75, 3.05) is 23.3 Å². The monoisotopic (exact) mass is 382 g/mol. The van der Waals surface area contributed by atoms with Crippen LogP contribution in [0.5, 0.6) is 0 Å². The molecule has 2 saturated heterocycles. The second kappa shape index (κ2) is 7.15. The highest BCUT2D eigenvalue weighted by molar-refractivity contribution is 6.15. The minimum Gasteiger partial charge on any atom is -0.419 e. The Labute approximate surface area is 154 Å². The lowest BCUT2D eigenvalue weighted by Gasteiger charge is -2.32. The number of carbonyl (C=O) groups excluding carboxylic acids is 2. The van der Waals surface area contributed by atoms with Gasteiger partial charge in [-0.15, -0.1) is 0 Å². The van der Waals surface area contributed by atoms with E-state index in [-0.39, 0.29) is 11.4 Å². The highest BCUT2D eigenvalue weighted by atomic mass is 19.1. The van der Waals surface area contributed by atoms with Gasteiger partial charge in [0.1, 0.15) is 5.69 Å². The molecule has 146 valence electrons. The maximum atomic E-state index is 14.4. The first-order chi connectivity index (χ1) is 12.7. The molecule has 0 spiro atoms. The van der Waals surface area contributed by atoms with Crippen LogP contribution in [0.15, 0.2) is 23.9 Å². The van der Waals surface area contributed by atoms with Gasteiger partial charge in [-0.1, -0.05) is 0 Å². The van der Waals surface area contributed by atoms with Crippen LogP contribution in [-0.4, -0.2) is 42.0 Å². The molecular weight excluding hydrogens is 362 g/mol. The molecule has 0 aliphatic carbocycles. The lowest BCUT2D eigenvalue weighted by molar-refractivity contribution is -0.222. The van der Waals surface area contributed by atoms with Crippen LogP contribution in [0.2, 0.25) is 0 Å². The summed E-state index contributed by atoms with van der Waals surface area (Å²) >= 11 is 0. The zero-order valence-corrected chi connectivity index (χ0v) is 14.9. The van der Waals surface area contributed by atoms with Gasteiger partial charge < -0.3 is 24.8 Å². The molecule has 3 rings (SSSR count). The molecule has 0 unspecified atom stereocenters. The van der Waals surface area contributed by atoms with E-state index in [1.807, 2.05) is 0 Å². The summed E-state index contributed by atoms with van der Waals surface area (Å²) in [5, 5.41) is 12.0. The van der Waals surface area contributed by atoms with E-state index in [1.165, 1.54) is 18.7 Å².